The van der Waals surface area contributed by atoms with Crippen LogP contribution >= 0.6 is 11.6 Å². The Hall–Kier alpha value is -2.53. The molecule has 0 spiro atoms. The van der Waals surface area contributed by atoms with E-state index in [4.69, 9.17) is 16.6 Å². The lowest BCUT2D eigenvalue weighted by molar-refractivity contribution is 0.0827. The number of aliphatic imine (C=N–C) groups is 1. The van der Waals surface area contributed by atoms with Gasteiger partial charge < -0.3 is 15.5 Å². The molecule has 0 saturated heterocycles. The van der Waals surface area contributed by atoms with Crippen molar-refractivity contribution in [2.24, 2.45) is 4.99 Å². The number of carbonyl (C=O) groups is 1. The zero-order valence-corrected chi connectivity index (χ0v) is 18.8. The van der Waals surface area contributed by atoms with E-state index in [1.807, 2.05) is 36.4 Å². The maximum Gasteiger partial charge on any atom is 0.253 e. The summed E-state index contributed by atoms with van der Waals surface area (Å²) in [4.78, 5) is 18.3. The van der Waals surface area contributed by atoms with Crippen LogP contribution in [0.5, 0.6) is 0 Å². The minimum absolute atomic E-state index is 0.00746. The second-order valence-corrected chi connectivity index (χ2v) is 8.52. The second kappa shape index (κ2) is 9.98. The highest BCUT2D eigenvalue weighted by molar-refractivity contribution is 6.30. The van der Waals surface area contributed by atoms with E-state index in [1.165, 1.54) is 24.8 Å². The lowest BCUT2D eigenvalue weighted by Crippen LogP contribution is -2.48. The molecule has 1 aliphatic rings. The van der Waals surface area contributed by atoms with Crippen LogP contribution in [0.1, 0.15) is 47.7 Å². The molecule has 3 rings (SSSR count). The van der Waals surface area contributed by atoms with Crippen molar-refractivity contribution < 1.29 is 4.79 Å². The Kier molecular flexibility index (Phi) is 7.38. The van der Waals surface area contributed by atoms with Crippen LogP contribution in [0.3, 0.4) is 0 Å². The summed E-state index contributed by atoms with van der Waals surface area (Å²) in [6.07, 6.45) is 3.58. The first-order chi connectivity index (χ1) is 14.4. The molecule has 0 atom stereocenters. The van der Waals surface area contributed by atoms with Gasteiger partial charge in [-0.25, -0.2) is 4.99 Å². The Morgan fingerprint density at radius 2 is 1.73 bits per heavy atom. The fraction of sp³-hybridized carbons (Fsp3) is 0.417. The minimum atomic E-state index is 0.00746. The Labute approximate surface area is 184 Å². The molecule has 5 nitrogen and oxygen atoms in total. The summed E-state index contributed by atoms with van der Waals surface area (Å²) < 4.78 is 0. The van der Waals surface area contributed by atoms with Gasteiger partial charge in [-0.1, -0.05) is 42.3 Å². The molecule has 6 heteroatoms. The molecule has 0 aliphatic heterocycles. The molecule has 2 N–H and O–H groups in total. The van der Waals surface area contributed by atoms with Crippen molar-refractivity contribution in [2.75, 3.05) is 27.2 Å². The summed E-state index contributed by atoms with van der Waals surface area (Å²) in [5.41, 5.74) is 3.24. The van der Waals surface area contributed by atoms with Gasteiger partial charge in [0.15, 0.2) is 5.96 Å². The normalized spacial score (nSPS) is 15.3. The molecule has 2 aromatic rings. The van der Waals surface area contributed by atoms with Crippen LogP contribution in [-0.4, -0.2) is 44.0 Å². The monoisotopic (exact) mass is 426 g/mol. The molecule has 1 fully saturated rings. The molecular weight excluding hydrogens is 396 g/mol. The number of hydrogen-bond donors (Lipinski definition) is 2. The standard InChI is InChI=1S/C24H31ClN4O/c1-4-26-23(27-16-18-6-8-19(9-7-18)22(30)29(2)3)28-17-24(14-5-15-24)20-10-12-21(25)13-11-20/h6-13H,4-5,14-17H2,1-3H3,(H2,26,27,28). The molecule has 160 valence electrons. The van der Waals surface area contributed by atoms with Crippen molar-refractivity contribution >= 4 is 23.5 Å². The van der Waals surface area contributed by atoms with E-state index in [1.54, 1.807) is 19.0 Å². The van der Waals surface area contributed by atoms with E-state index in [-0.39, 0.29) is 11.3 Å². The molecule has 1 aliphatic carbocycles. The van der Waals surface area contributed by atoms with Gasteiger partial charge in [0, 0.05) is 43.2 Å². The van der Waals surface area contributed by atoms with Crippen LogP contribution < -0.4 is 10.6 Å². The fourth-order valence-electron chi connectivity index (χ4n) is 3.75. The molecule has 0 heterocycles. The van der Waals surface area contributed by atoms with Crippen LogP contribution in [0.2, 0.25) is 5.02 Å². The molecule has 30 heavy (non-hydrogen) atoms. The van der Waals surface area contributed by atoms with Gasteiger partial charge in [-0.15, -0.1) is 0 Å². The third kappa shape index (κ3) is 5.33. The maximum absolute atomic E-state index is 12.0. The number of rotatable bonds is 7. The van der Waals surface area contributed by atoms with Crippen LogP contribution in [0.15, 0.2) is 53.5 Å². The topological polar surface area (TPSA) is 56.7 Å². The predicted molar refractivity (Wildman–Crippen MR) is 124 cm³/mol. The van der Waals surface area contributed by atoms with Crippen molar-refractivity contribution in [1.82, 2.24) is 15.5 Å². The highest BCUT2D eigenvalue weighted by Crippen LogP contribution is 2.43. The van der Waals surface area contributed by atoms with Gasteiger partial charge in [-0.2, -0.15) is 0 Å². The van der Waals surface area contributed by atoms with E-state index in [0.29, 0.717) is 12.1 Å². The Morgan fingerprint density at radius 1 is 1.07 bits per heavy atom. The second-order valence-electron chi connectivity index (χ2n) is 8.09. The van der Waals surface area contributed by atoms with E-state index < -0.39 is 0 Å². The number of amides is 1. The molecule has 0 aromatic heterocycles. The van der Waals surface area contributed by atoms with Gasteiger partial charge in [-0.05, 0) is 55.2 Å². The van der Waals surface area contributed by atoms with E-state index in [0.717, 1.165) is 29.6 Å². The number of guanidine groups is 1. The number of halogens is 1. The highest BCUT2D eigenvalue weighted by Gasteiger charge is 2.38. The first-order valence-corrected chi connectivity index (χ1v) is 10.9. The lowest BCUT2D eigenvalue weighted by Gasteiger charge is -2.43. The maximum atomic E-state index is 12.0. The number of nitrogens with zero attached hydrogens (tertiary/aromatic N) is 2. The van der Waals surface area contributed by atoms with Gasteiger partial charge in [0.25, 0.3) is 5.91 Å². The smallest absolute Gasteiger partial charge is 0.253 e. The SMILES string of the molecule is CCNC(=NCc1ccc(C(=O)N(C)C)cc1)NCC1(c2ccc(Cl)cc2)CCC1. The summed E-state index contributed by atoms with van der Waals surface area (Å²) in [6.45, 7) is 4.27. The highest BCUT2D eigenvalue weighted by atomic mass is 35.5. The summed E-state index contributed by atoms with van der Waals surface area (Å²) in [7, 11) is 3.52. The van der Waals surface area contributed by atoms with E-state index >= 15 is 0 Å². The van der Waals surface area contributed by atoms with Gasteiger partial charge in [-0.3, -0.25) is 4.79 Å². The number of hydrogen-bond acceptors (Lipinski definition) is 2. The van der Waals surface area contributed by atoms with Gasteiger partial charge in [0.1, 0.15) is 0 Å². The van der Waals surface area contributed by atoms with E-state index in [9.17, 15) is 4.79 Å². The third-order valence-electron chi connectivity index (χ3n) is 5.73. The predicted octanol–water partition coefficient (Wildman–Crippen LogP) is 4.22. The van der Waals surface area contributed by atoms with Gasteiger partial charge in [0.05, 0.1) is 6.54 Å². The number of carbonyl (C=O) groups excluding carboxylic acids is 1. The van der Waals surface area contributed by atoms with Gasteiger partial charge >= 0.3 is 0 Å². The van der Waals surface area contributed by atoms with Crippen molar-refractivity contribution in [2.45, 2.75) is 38.1 Å². The fourth-order valence-corrected chi connectivity index (χ4v) is 3.88. The number of nitrogens with one attached hydrogen (secondary N) is 2. The average molecular weight is 427 g/mol. The zero-order valence-electron chi connectivity index (χ0n) is 18.0. The Bertz CT molecular complexity index is 871. The first-order valence-electron chi connectivity index (χ1n) is 10.5. The molecule has 0 radical (unpaired) electrons. The molecule has 0 bridgehead atoms. The summed E-state index contributed by atoms with van der Waals surface area (Å²) >= 11 is 6.07. The third-order valence-corrected chi connectivity index (χ3v) is 5.98. The van der Waals surface area contributed by atoms with E-state index in [2.05, 4.69) is 29.7 Å². The van der Waals surface area contributed by atoms with Crippen molar-refractivity contribution in [1.29, 1.82) is 0 Å². The summed E-state index contributed by atoms with van der Waals surface area (Å²) in [5.74, 6) is 0.819. The molecular formula is C24H31ClN4O. The largest absolute Gasteiger partial charge is 0.357 e. The van der Waals surface area contributed by atoms with Crippen molar-refractivity contribution in [3.63, 3.8) is 0 Å². The van der Waals surface area contributed by atoms with Crippen LogP contribution in [0.4, 0.5) is 0 Å². The quantitative estimate of drug-likeness (QED) is 0.514. The minimum Gasteiger partial charge on any atom is -0.357 e. The van der Waals surface area contributed by atoms with Crippen molar-refractivity contribution in [3.05, 3.63) is 70.2 Å². The average Bonchev–Trinajstić information content (AvgIpc) is 2.72. The molecule has 1 saturated carbocycles. The summed E-state index contributed by atoms with van der Waals surface area (Å²) in [6, 6.07) is 15.9. The Balaban J connectivity index is 1.64. The van der Waals surface area contributed by atoms with Crippen LogP contribution in [0.25, 0.3) is 0 Å². The molecule has 2 aromatic carbocycles. The number of benzene rings is 2. The van der Waals surface area contributed by atoms with Gasteiger partial charge in [0.2, 0.25) is 0 Å². The lowest BCUT2D eigenvalue weighted by atomic mass is 9.64. The van der Waals surface area contributed by atoms with Crippen LogP contribution in [-0.2, 0) is 12.0 Å². The Morgan fingerprint density at radius 3 is 2.27 bits per heavy atom. The molecule has 0 unspecified atom stereocenters. The van der Waals surface area contributed by atoms with Crippen molar-refractivity contribution in [3.8, 4) is 0 Å². The van der Waals surface area contributed by atoms with Crippen LogP contribution in [0, 0.1) is 0 Å². The summed E-state index contributed by atoms with van der Waals surface area (Å²) in [5, 5.41) is 7.64. The first kappa shape index (κ1) is 22.2. The molecule has 1 amide bonds. The zero-order chi connectivity index (χ0) is 21.6.